The zero-order valence-corrected chi connectivity index (χ0v) is 14.3. The second-order valence-corrected chi connectivity index (χ2v) is 6.84. The quantitative estimate of drug-likeness (QED) is 0.758. The summed E-state index contributed by atoms with van der Waals surface area (Å²) in [6.07, 6.45) is 0. The Morgan fingerprint density at radius 1 is 1.13 bits per heavy atom. The van der Waals surface area contributed by atoms with Crippen LogP contribution in [-0.4, -0.2) is 15.9 Å². The molecule has 0 radical (unpaired) electrons. The van der Waals surface area contributed by atoms with E-state index in [2.05, 4.69) is 15.3 Å². The monoisotopic (exact) mass is 345 g/mol. The maximum Gasteiger partial charge on any atom is 0.257 e. The highest BCUT2D eigenvalue weighted by atomic mass is 32.1. The zero-order chi connectivity index (χ0) is 16.2. The molecule has 0 saturated carbocycles. The molecule has 23 heavy (non-hydrogen) atoms. The smallest absolute Gasteiger partial charge is 0.257 e. The summed E-state index contributed by atoms with van der Waals surface area (Å²) in [7, 11) is 0. The lowest BCUT2D eigenvalue weighted by Gasteiger charge is -2.06. The van der Waals surface area contributed by atoms with E-state index in [1.54, 1.807) is 35.6 Å². The number of nitrogens with one attached hydrogen (secondary N) is 1. The molecule has 3 aromatic rings. The molecule has 1 amide bonds. The van der Waals surface area contributed by atoms with Crippen molar-refractivity contribution >= 4 is 33.7 Å². The van der Waals surface area contributed by atoms with Crippen LogP contribution in [0.2, 0.25) is 0 Å². The molecule has 7 heteroatoms. The Morgan fingerprint density at radius 3 is 2.52 bits per heavy atom. The van der Waals surface area contributed by atoms with Crippen molar-refractivity contribution in [2.45, 2.75) is 20.5 Å². The zero-order valence-electron chi connectivity index (χ0n) is 12.7. The predicted octanol–water partition coefficient (Wildman–Crippen LogP) is 4.05. The molecule has 0 saturated heterocycles. The first-order chi connectivity index (χ1) is 11.1. The Hall–Kier alpha value is -2.25. The van der Waals surface area contributed by atoms with Crippen molar-refractivity contribution < 1.29 is 9.53 Å². The minimum Gasteiger partial charge on any atom is -0.487 e. The summed E-state index contributed by atoms with van der Waals surface area (Å²) in [6.45, 7) is 4.28. The van der Waals surface area contributed by atoms with Crippen molar-refractivity contribution in [1.82, 2.24) is 9.97 Å². The third-order valence-corrected chi connectivity index (χ3v) is 4.71. The van der Waals surface area contributed by atoms with Gasteiger partial charge in [-0.15, -0.1) is 22.7 Å². The van der Waals surface area contributed by atoms with Crippen LogP contribution in [0.1, 0.15) is 26.8 Å². The highest BCUT2D eigenvalue weighted by molar-refractivity contribution is 7.14. The number of carbonyl (C=O) groups excluding carboxylic acids is 1. The van der Waals surface area contributed by atoms with E-state index >= 15 is 0 Å². The lowest BCUT2D eigenvalue weighted by molar-refractivity contribution is 0.102. The van der Waals surface area contributed by atoms with Crippen molar-refractivity contribution in [2.75, 3.05) is 5.32 Å². The average molecular weight is 345 g/mol. The molecule has 1 aromatic carbocycles. The van der Waals surface area contributed by atoms with Gasteiger partial charge in [0.05, 0.1) is 16.4 Å². The Bertz CT molecular complexity index is 809. The van der Waals surface area contributed by atoms with Crippen molar-refractivity contribution in [2.24, 2.45) is 0 Å². The summed E-state index contributed by atoms with van der Waals surface area (Å²) in [5.74, 6) is 0.526. The fourth-order valence-corrected chi connectivity index (χ4v) is 3.20. The molecule has 0 aliphatic carbocycles. The van der Waals surface area contributed by atoms with Crippen LogP contribution < -0.4 is 10.1 Å². The van der Waals surface area contributed by atoms with E-state index in [4.69, 9.17) is 4.74 Å². The fourth-order valence-electron chi connectivity index (χ4n) is 1.92. The number of aryl methyl sites for hydroxylation is 2. The van der Waals surface area contributed by atoms with Gasteiger partial charge in [0, 0.05) is 16.3 Å². The molecule has 2 aromatic heterocycles. The molecule has 2 heterocycles. The van der Waals surface area contributed by atoms with Gasteiger partial charge in [-0.3, -0.25) is 10.1 Å². The molecule has 118 valence electrons. The Balaban J connectivity index is 1.58. The largest absolute Gasteiger partial charge is 0.487 e. The molecular formula is C16H15N3O2S2. The van der Waals surface area contributed by atoms with E-state index in [0.29, 0.717) is 23.1 Å². The highest BCUT2D eigenvalue weighted by Gasteiger charge is 2.08. The molecule has 0 aliphatic rings. The predicted molar refractivity (Wildman–Crippen MR) is 92.4 cm³/mol. The summed E-state index contributed by atoms with van der Waals surface area (Å²) >= 11 is 3.01. The summed E-state index contributed by atoms with van der Waals surface area (Å²) in [6, 6.07) is 7.03. The molecule has 0 fully saturated rings. The molecule has 5 nitrogen and oxygen atoms in total. The van der Waals surface area contributed by atoms with Gasteiger partial charge in [0.1, 0.15) is 12.4 Å². The van der Waals surface area contributed by atoms with Crippen LogP contribution in [-0.2, 0) is 6.61 Å². The van der Waals surface area contributed by atoms with Gasteiger partial charge in [0.2, 0.25) is 0 Å². The lowest BCUT2D eigenvalue weighted by atomic mass is 10.2. The number of hydrogen-bond donors (Lipinski definition) is 1. The second kappa shape index (κ2) is 6.89. The van der Waals surface area contributed by atoms with E-state index in [-0.39, 0.29) is 5.91 Å². The van der Waals surface area contributed by atoms with Crippen molar-refractivity contribution in [1.29, 1.82) is 0 Å². The molecular weight excluding hydrogens is 330 g/mol. The normalized spacial score (nSPS) is 10.5. The van der Waals surface area contributed by atoms with E-state index < -0.39 is 0 Å². The highest BCUT2D eigenvalue weighted by Crippen LogP contribution is 2.18. The Kier molecular flexibility index (Phi) is 4.68. The van der Waals surface area contributed by atoms with Crippen LogP contribution in [0.25, 0.3) is 0 Å². The standard InChI is InChI=1S/C16H15N3O2S2/c1-10-8-23-16(17-10)19-15(20)12-3-5-14(6-4-12)21-7-13-9-22-11(2)18-13/h3-6,8-9H,7H2,1-2H3,(H,17,19,20). The third-order valence-electron chi connectivity index (χ3n) is 3.01. The van der Waals surface area contributed by atoms with Crippen LogP contribution in [0.15, 0.2) is 35.0 Å². The number of ether oxygens (including phenoxy) is 1. The van der Waals surface area contributed by atoms with Gasteiger partial charge in [-0.05, 0) is 38.1 Å². The van der Waals surface area contributed by atoms with Crippen LogP contribution >= 0.6 is 22.7 Å². The molecule has 0 bridgehead atoms. The number of carbonyl (C=O) groups is 1. The second-order valence-electron chi connectivity index (χ2n) is 4.92. The number of aromatic nitrogens is 2. The summed E-state index contributed by atoms with van der Waals surface area (Å²) < 4.78 is 5.66. The molecule has 0 aliphatic heterocycles. The number of thiazole rings is 2. The number of amides is 1. The van der Waals surface area contributed by atoms with Gasteiger partial charge < -0.3 is 4.74 Å². The van der Waals surface area contributed by atoms with Crippen LogP contribution in [0.3, 0.4) is 0 Å². The van der Waals surface area contributed by atoms with Gasteiger partial charge in [-0.25, -0.2) is 9.97 Å². The maximum atomic E-state index is 12.1. The number of hydrogen-bond acceptors (Lipinski definition) is 6. The summed E-state index contributed by atoms with van der Waals surface area (Å²) in [4.78, 5) is 20.7. The molecule has 0 spiro atoms. The minimum absolute atomic E-state index is 0.180. The topological polar surface area (TPSA) is 64.1 Å². The first-order valence-electron chi connectivity index (χ1n) is 6.97. The van der Waals surface area contributed by atoms with E-state index in [0.717, 1.165) is 16.4 Å². The van der Waals surface area contributed by atoms with E-state index in [1.807, 2.05) is 24.6 Å². The molecule has 1 N–H and O–H groups in total. The number of rotatable bonds is 5. The van der Waals surface area contributed by atoms with Gasteiger partial charge in [0.25, 0.3) is 5.91 Å². The third kappa shape index (κ3) is 4.14. The number of nitrogens with zero attached hydrogens (tertiary/aromatic N) is 2. The SMILES string of the molecule is Cc1csc(NC(=O)c2ccc(OCc3csc(C)n3)cc2)n1. The summed E-state index contributed by atoms with van der Waals surface area (Å²) in [5.41, 5.74) is 2.37. The van der Waals surface area contributed by atoms with Gasteiger partial charge in [0.15, 0.2) is 5.13 Å². The van der Waals surface area contributed by atoms with Crippen molar-refractivity contribution in [3.63, 3.8) is 0 Å². The average Bonchev–Trinajstić information content (AvgIpc) is 3.14. The van der Waals surface area contributed by atoms with Crippen molar-refractivity contribution in [3.05, 3.63) is 57.0 Å². The van der Waals surface area contributed by atoms with E-state index in [9.17, 15) is 4.79 Å². The molecule has 0 atom stereocenters. The number of anilines is 1. The van der Waals surface area contributed by atoms with E-state index in [1.165, 1.54) is 11.3 Å². The van der Waals surface area contributed by atoms with Gasteiger partial charge in [-0.1, -0.05) is 0 Å². The fraction of sp³-hybridized carbons (Fsp3) is 0.188. The van der Waals surface area contributed by atoms with Gasteiger partial charge in [-0.2, -0.15) is 0 Å². The van der Waals surface area contributed by atoms with Crippen molar-refractivity contribution in [3.8, 4) is 5.75 Å². The van der Waals surface area contributed by atoms with Crippen LogP contribution in [0.5, 0.6) is 5.75 Å². The van der Waals surface area contributed by atoms with Crippen LogP contribution in [0.4, 0.5) is 5.13 Å². The minimum atomic E-state index is -0.180. The first kappa shape index (κ1) is 15.6. The maximum absolute atomic E-state index is 12.1. The van der Waals surface area contributed by atoms with Crippen LogP contribution in [0, 0.1) is 13.8 Å². The molecule has 3 rings (SSSR count). The van der Waals surface area contributed by atoms with Gasteiger partial charge >= 0.3 is 0 Å². The Labute approximate surface area is 142 Å². The molecule has 0 unspecified atom stereocenters. The lowest BCUT2D eigenvalue weighted by Crippen LogP contribution is -2.11. The Morgan fingerprint density at radius 2 is 1.91 bits per heavy atom. The number of benzene rings is 1. The first-order valence-corrected chi connectivity index (χ1v) is 8.73. The summed E-state index contributed by atoms with van der Waals surface area (Å²) in [5, 5.41) is 8.28.